The maximum atomic E-state index is 5.71. The van der Waals surface area contributed by atoms with Crippen LogP contribution in [0.3, 0.4) is 0 Å². The molecule has 1 aromatic carbocycles. The van der Waals surface area contributed by atoms with Gasteiger partial charge in [0.1, 0.15) is 5.75 Å². The predicted octanol–water partition coefficient (Wildman–Crippen LogP) is 4.71. The van der Waals surface area contributed by atoms with Gasteiger partial charge >= 0.3 is 0 Å². The fraction of sp³-hybridized carbons (Fsp3) is 0.647. The Labute approximate surface area is 112 Å². The number of hydrogen-bond acceptors (Lipinski definition) is 1. The summed E-state index contributed by atoms with van der Waals surface area (Å²) in [6.07, 6.45) is 11.8. The van der Waals surface area contributed by atoms with Crippen molar-refractivity contribution in [2.24, 2.45) is 0 Å². The fourth-order valence-corrected chi connectivity index (χ4v) is 2.67. The topological polar surface area (TPSA) is 9.23 Å². The highest BCUT2D eigenvalue weighted by Gasteiger charge is 2.15. The highest BCUT2D eigenvalue weighted by Crippen LogP contribution is 2.30. The molecule has 0 N–H and O–H groups in total. The van der Waals surface area contributed by atoms with Gasteiger partial charge in [0.25, 0.3) is 0 Å². The molecular weight excluding hydrogens is 220 g/mol. The summed E-state index contributed by atoms with van der Waals surface area (Å²) in [6, 6.07) is 7.53. The number of fused-ring (bicyclic) bond motifs is 1. The maximum absolute atomic E-state index is 5.71. The van der Waals surface area contributed by atoms with Crippen molar-refractivity contribution in [3.63, 3.8) is 0 Å². The van der Waals surface area contributed by atoms with Gasteiger partial charge in [-0.2, -0.15) is 0 Å². The smallest absolute Gasteiger partial charge is 0.126 e. The van der Waals surface area contributed by atoms with Crippen LogP contribution in [0.4, 0.5) is 0 Å². The number of ether oxygens (including phenoxy) is 1. The highest BCUT2D eigenvalue weighted by molar-refractivity contribution is 5.43. The quantitative estimate of drug-likeness (QED) is 0.602. The normalized spacial score (nSPS) is 13.4. The lowest BCUT2D eigenvalue weighted by atomic mass is 10.0. The highest BCUT2D eigenvalue weighted by atomic mass is 16.5. The van der Waals surface area contributed by atoms with E-state index in [2.05, 4.69) is 25.1 Å². The minimum atomic E-state index is 0.847. The van der Waals surface area contributed by atoms with Crippen LogP contribution in [0.5, 0.6) is 5.75 Å². The van der Waals surface area contributed by atoms with E-state index in [1.807, 2.05) is 0 Å². The molecule has 0 atom stereocenters. The Morgan fingerprint density at radius 3 is 2.72 bits per heavy atom. The van der Waals surface area contributed by atoms with Crippen molar-refractivity contribution in [2.75, 3.05) is 6.61 Å². The molecule has 0 saturated heterocycles. The Morgan fingerprint density at radius 2 is 1.89 bits per heavy atom. The molecule has 0 amide bonds. The van der Waals surface area contributed by atoms with Crippen molar-refractivity contribution in [3.05, 3.63) is 29.3 Å². The molecule has 1 nitrogen and oxygen atoms in total. The lowest BCUT2D eigenvalue weighted by Gasteiger charge is -2.07. The Kier molecular flexibility index (Phi) is 5.57. The van der Waals surface area contributed by atoms with E-state index in [-0.39, 0.29) is 0 Å². The summed E-state index contributed by atoms with van der Waals surface area (Å²) < 4.78 is 5.71. The second-order valence-electron chi connectivity index (χ2n) is 5.28. The molecule has 0 spiro atoms. The van der Waals surface area contributed by atoms with E-state index in [0.717, 1.165) is 18.8 Å². The molecule has 18 heavy (non-hydrogen) atoms. The lowest BCUT2D eigenvalue weighted by molar-refractivity contribution is 0.353. The van der Waals surface area contributed by atoms with Gasteiger partial charge < -0.3 is 4.74 Å². The molecule has 0 bridgehead atoms. The van der Waals surface area contributed by atoms with Crippen LogP contribution in [0, 0.1) is 6.07 Å². The molecule has 0 unspecified atom stereocenters. The van der Waals surface area contributed by atoms with Gasteiger partial charge in [0.2, 0.25) is 0 Å². The van der Waals surface area contributed by atoms with Gasteiger partial charge in [0.05, 0.1) is 6.61 Å². The number of aryl methyl sites for hydroxylation is 1. The van der Waals surface area contributed by atoms with Crippen molar-refractivity contribution < 1.29 is 4.74 Å². The zero-order valence-corrected chi connectivity index (χ0v) is 11.6. The zero-order chi connectivity index (χ0) is 12.6. The summed E-state index contributed by atoms with van der Waals surface area (Å²) in [6.45, 7) is 3.12. The molecule has 99 valence electrons. The number of benzene rings is 1. The number of rotatable bonds is 8. The van der Waals surface area contributed by atoms with Crippen molar-refractivity contribution >= 4 is 0 Å². The minimum absolute atomic E-state index is 0.847. The van der Waals surface area contributed by atoms with Crippen LogP contribution in [0.1, 0.15) is 63.0 Å². The summed E-state index contributed by atoms with van der Waals surface area (Å²) in [5.74, 6) is 1.14. The molecular formula is C17H25O. The third-order valence-corrected chi connectivity index (χ3v) is 3.76. The van der Waals surface area contributed by atoms with Crippen LogP contribution in [0.25, 0.3) is 0 Å². The number of hydrogen-bond donors (Lipinski definition) is 0. The van der Waals surface area contributed by atoms with Gasteiger partial charge in [0, 0.05) is 12.0 Å². The van der Waals surface area contributed by atoms with E-state index >= 15 is 0 Å². The van der Waals surface area contributed by atoms with Crippen molar-refractivity contribution in [3.8, 4) is 5.75 Å². The van der Waals surface area contributed by atoms with E-state index < -0.39 is 0 Å². The van der Waals surface area contributed by atoms with Gasteiger partial charge in [0.15, 0.2) is 0 Å². The van der Waals surface area contributed by atoms with Crippen LogP contribution in [0.15, 0.2) is 12.1 Å². The van der Waals surface area contributed by atoms with Crippen LogP contribution >= 0.6 is 0 Å². The molecule has 0 aromatic heterocycles. The van der Waals surface area contributed by atoms with Crippen molar-refractivity contribution in [2.45, 2.75) is 64.7 Å². The second kappa shape index (κ2) is 7.45. The van der Waals surface area contributed by atoms with E-state index in [1.54, 1.807) is 0 Å². The van der Waals surface area contributed by atoms with Gasteiger partial charge in [-0.3, -0.25) is 0 Å². The average molecular weight is 245 g/mol. The maximum Gasteiger partial charge on any atom is 0.126 e. The number of unbranched alkanes of at least 4 members (excludes halogenated alkanes) is 6. The zero-order valence-electron chi connectivity index (χ0n) is 11.6. The van der Waals surface area contributed by atoms with Crippen molar-refractivity contribution in [1.82, 2.24) is 0 Å². The Bertz CT molecular complexity index is 357. The van der Waals surface area contributed by atoms with Crippen LogP contribution in [-0.2, 0) is 12.8 Å². The molecule has 1 radical (unpaired) electrons. The molecule has 1 heteroatoms. The third kappa shape index (κ3) is 3.76. The summed E-state index contributed by atoms with van der Waals surface area (Å²) in [5, 5.41) is 0. The summed E-state index contributed by atoms with van der Waals surface area (Å²) in [5.41, 5.74) is 2.69. The first-order chi connectivity index (χ1) is 8.92. The van der Waals surface area contributed by atoms with Gasteiger partial charge in [-0.25, -0.2) is 0 Å². The monoisotopic (exact) mass is 245 g/mol. The second-order valence-corrected chi connectivity index (χ2v) is 5.28. The summed E-state index contributed by atoms with van der Waals surface area (Å²) in [7, 11) is 0. The Balaban J connectivity index is 1.66. The molecule has 1 aliphatic heterocycles. The predicted molar refractivity (Wildman–Crippen MR) is 76.2 cm³/mol. The van der Waals surface area contributed by atoms with Crippen LogP contribution in [-0.4, -0.2) is 6.61 Å². The molecule has 2 rings (SSSR count). The van der Waals surface area contributed by atoms with E-state index in [0.29, 0.717) is 0 Å². The van der Waals surface area contributed by atoms with E-state index in [9.17, 15) is 0 Å². The molecule has 0 aliphatic carbocycles. The molecule has 0 fully saturated rings. The molecule has 1 aliphatic rings. The first-order valence-electron chi connectivity index (χ1n) is 7.57. The molecule has 0 saturated carbocycles. The van der Waals surface area contributed by atoms with Gasteiger partial charge in [-0.15, -0.1) is 0 Å². The first kappa shape index (κ1) is 13.5. The Hall–Kier alpha value is -0.980. The summed E-state index contributed by atoms with van der Waals surface area (Å²) in [4.78, 5) is 0. The van der Waals surface area contributed by atoms with Gasteiger partial charge in [-0.05, 0) is 24.5 Å². The Morgan fingerprint density at radius 1 is 1.11 bits per heavy atom. The minimum Gasteiger partial charge on any atom is -0.493 e. The summed E-state index contributed by atoms with van der Waals surface area (Å²) >= 11 is 0. The van der Waals surface area contributed by atoms with Crippen molar-refractivity contribution in [1.29, 1.82) is 0 Å². The van der Waals surface area contributed by atoms with E-state index in [4.69, 9.17) is 4.74 Å². The molecule has 1 aromatic rings. The van der Waals surface area contributed by atoms with Gasteiger partial charge in [-0.1, -0.05) is 57.6 Å². The third-order valence-electron chi connectivity index (χ3n) is 3.76. The largest absolute Gasteiger partial charge is 0.493 e. The van der Waals surface area contributed by atoms with E-state index in [1.165, 1.54) is 62.5 Å². The van der Waals surface area contributed by atoms with Crippen LogP contribution in [0.2, 0.25) is 0 Å². The fourth-order valence-electron chi connectivity index (χ4n) is 2.67. The SMILES string of the molecule is CCCCCCCCCc1cc[c]c2c1OCC2. The average Bonchev–Trinajstić information content (AvgIpc) is 2.86. The molecule has 1 heterocycles. The standard InChI is InChI=1S/C17H25O/c1-2-3-4-5-6-7-8-10-15-11-9-12-16-13-14-18-17(15)16/h9,11H,2-8,10,13-14H2,1H3. The first-order valence-corrected chi connectivity index (χ1v) is 7.57. The van der Waals surface area contributed by atoms with Crippen LogP contribution < -0.4 is 4.74 Å². The lowest BCUT2D eigenvalue weighted by Crippen LogP contribution is -1.92.